The van der Waals surface area contributed by atoms with Crippen LogP contribution in [0.25, 0.3) is 10.9 Å². The molecule has 1 aromatic heterocycles. The molecule has 0 aliphatic carbocycles. The SMILES string of the molecule is CC[NH+](CCSc1ccc(C)cc1)Cc1nc2cc(OC)c(OC)cc2c(=O)[nH]1. The molecule has 154 valence electrons. The van der Waals surface area contributed by atoms with Crippen molar-refractivity contribution in [1.82, 2.24) is 9.97 Å². The highest BCUT2D eigenvalue weighted by Gasteiger charge is 2.14. The number of methoxy groups -OCH3 is 2. The molecule has 1 heterocycles. The van der Waals surface area contributed by atoms with Gasteiger partial charge in [-0.3, -0.25) is 4.79 Å². The number of aryl methyl sites for hydroxylation is 1. The predicted molar refractivity (Wildman–Crippen MR) is 117 cm³/mol. The molecule has 2 N–H and O–H groups in total. The lowest BCUT2D eigenvalue weighted by Gasteiger charge is -2.17. The van der Waals surface area contributed by atoms with Gasteiger partial charge < -0.3 is 19.4 Å². The molecule has 0 aliphatic heterocycles. The first-order chi connectivity index (χ1) is 14.0. The van der Waals surface area contributed by atoms with Gasteiger partial charge in [-0.2, -0.15) is 0 Å². The van der Waals surface area contributed by atoms with E-state index in [0.717, 1.165) is 18.8 Å². The van der Waals surface area contributed by atoms with Crippen molar-refractivity contribution in [1.29, 1.82) is 0 Å². The third-order valence-electron chi connectivity index (χ3n) is 4.92. The van der Waals surface area contributed by atoms with Crippen molar-refractivity contribution in [3.8, 4) is 11.5 Å². The molecule has 3 rings (SSSR count). The molecule has 0 saturated heterocycles. The minimum absolute atomic E-state index is 0.157. The largest absolute Gasteiger partial charge is 0.493 e. The summed E-state index contributed by atoms with van der Waals surface area (Å²) in [4.78, 5) is 22.8. The number of hydrogen-bond acceptors (Lipinski definition) is 5. The molecule has 0 bridgehead atoms. The number of quaternary nitrogens is 1. The Labute approximate surface area is 175 Å². The molecule has 29 heavy (non-hydrogen) atoms. The normalized spacial score (nSPS) is 12.1. The summed E-state index contributed by atoms with van der Waals surface area (Å²) in [6.07, 6.45) is 0. The van der Waals surface area contributed by atoms with Crippen molar-refractivity contribution >= 4 is 22.7 Å². The molecule has 0 fully saturated rings. The summed E-state index contributed by atoms with van der Waals surface area (Å²) < 4.78 is 10.6. The Morgan fingerprint density at radius 3 is 2.45 bits per heavy atom. The summed E-state index contributed by atoms with van der Waals surface area (Å²) in [5, 5.41) is 0.499. The zero-order valence-electron chi connectivity index (χ0n) is 17.4. The van der Waals surface area contributed by atoms with E-state index in [1.807, 2.05) is 11.8 Å². The summed E-state index contributed by atoms with van der Waals surface area (Å²) in [6.45, 7) is 6.87. The van der Waals surface area contributed by atoms with E-state index in [0.29, 0.717) is 34.8 Å². The molecule has 7 heteroatoms. The maximum absolute atomic E-state index is 12.6. The van der Waals surface area contributed by atoms with Gasteiger partial charge in [-0.1, -0.05) is 17.7 Å². The number of thioether (sulfide) groups is 1. The molecule has 0 radical (unpaired) electrons. The van der Waals surface area contributed by atoms with Gasteiger partial charge in [0.15, 0.2) is 17.3 Å². The third-order valence-corrected chi connectivity index (χ3v) is 5.94. The summed E-state index contributed by atoms with van der Waals surface area (Å²) >= 11 is 1.85. The molecule has 0 spiro atoms. The summed E-state index contributed by atoms with van der Waals surface area (Å²) in [5.74, 6) is 2.79. The maximum Gasteiger partial charge on any atom is 0.259 e. The first kappa shape index (κ1) is 21.2. The van der Waals surface area contributed by atoms with E-state index in [4.69, 9.17) is 9.47 Å². The molecule has 0 aliphatic rings. The number of H-pyrrole nitrogens is 1. The Balaban J connectivity index is 1.71. The number of nitrogens with zero attached hydrogens (tertiary/aromatic N) is 1. The van der Waals surface area contributed by atoms with Crippen LogP contribution >= 0.6 is 11.8 Å². The van der Waals surface area contributed by atoms with Crippen molar-refractivity contribution in [2.45, 2.75) is 25.3 Å². The predicted octanol–water partition coefficient (Wildman–Crippen LogP) is 2.45. The zero-order valence-corrected chi connectivity index (χ0v) is 18.2. The quantitative estimate of drug-likeness (QED) is 0.527. The number of ether oxygens (including phenoxy) is 2. The van der Waals surface area contributed by atoms with Gasteiger partial charge in [0.05, 0.1) is 38.2 Å². The number of nitrogens with one attached hydrogen (secondary N) is 2. The molecular weight excluding hydrogens is 386 g/mol. The van der Waals surface area contributed by atoms with Crippen molar-refractivity contribution in [2.75, 3.05) is 33.1 Å². The lowest BCUT2D eigenvalue weighted by Crippen LogP contribution is -3.10. The summed E-state index contributed by atoms with van der Waals surface area (Å²) in [5.41, 5.74) is 1.73. The van der Waals surface area contributed by atoms with Crippen LogP contribution in [0.2, 0.25) is 0 Å². The van der Waals surface area contributed by atoms with Crippen LogP contribution in [0.15, 0.2) is 46.1 Å². The number of rotatable bonds is 9. The monoisotopic (exact) mass is 414 g/mol. The van der Waals surface area contributed by atoms with Gasteiger partial charge >= 0.3 is 0 Å². The molecule has 0 saturated carbocycles. The standard InChI is InChI=1S/C22H27N3O3S/c1-5-25(10-11-29-16-8-6-15(2)7-9-16)14-21-23-18-13-20(28-4)19(27-3)12-17(18)22(26)24-21/h6-9,12-13H,5,10-11,14H2,1-4H3,(H,23,24,26)/p+1. The summed E-state index contributed by atoms with van der Waals surface area (Å²) in [7, 11) is 3.13. The molecule has 0 amide bonds. The van der Waals surface area contributed by atoms with Gasteiger partial charge in [-0.15, -0.1) is 11.8 Å². The van der Waals surface area contributed by atoms with Crippen LogP contribution in [0.1, 0.15) is 18.3 Å². The zero-order chi connectivity index (χ0) is 20.8. The van der Waals surface area contributed by atoms with E-state index in [1.165, 1.54) is 15.4 Å². The number of hydrogen-bond donors (Lipinski definition) is 2. The van der Waals surface area contributed by atoms with Gasteiger partial charge in [-0.25, -0.2) is 4.98 Å². The van der Waals surface area contributed by atoms with Crippen LogP contribution in [0, 0.1) is 6.92 Å². The molecule has 6 nitrogen and oxygen atoms in total. The van der Waals surface area contributed by atoms with Crippen LogP contribution in [0.3, 0.4) is 0 Å². The van der Waals surface area contributed by atoms with Gasteiger partial charge in [-0.05, 0) is 32.0 Å². The fourth-order valence-electron chi connectivity index (χ4n) is 3.17. The van der Waals surface area contributed by atoms with Crippen molar-refractivity contribution < 1.29 is 14.4 Å². The van der Waals surface area contributed by atoms with Crippen molar-refractivity contribution in [3.63, 3.8) is 0 Å². The second-order valence-corrected chi connectivity index (χ2v) is 8.10. The maximum atomic E-state index is 12.6. The van der Waals surface area contributed by atoms with Crippen molar-refractivity contribution in [3.05, 3.63) is 58.1 Å². The Morgan fingerprint density at radius 2 is 1.79 bits per heavy atom. The van der Waals surface area contributed by atoms with Crippen LogP contribution < -0.4 is 19.9 Å². The molecule has 3 aromatic rings. The number of benzene rings is 2. The Morgan fingerprint density at radius 1 is 1.10 bits per heavy atom. The second kappa shape index (κ2) is 9.80. The fourth-order valence-corrected chi connectivity index (χ4v) is 4.13. The minimum Gasteiger partial charge on any atom is -0.493 e. The number of fused-ring (bicyclic) bond motifs is 1. The van der Waals surface area contributed by atoms with Crippen molar-refractivity contribution in [2.24, 2.45) is 0 Å². The van der Waals surface area contributed by atoms with Crippen LogP contribution in [-0.4, -0.2) is 43.0 Å². The average Bonchev–Trinajstić information content (AvgIpc) is 2.73. The van der Waals surface area contributed by atoms with Crippen LogP contribution in [0.5, 0.6) is 11.5 Å². The van der Waals surface area contributed by atoms with Gasteiger partial charge in [0.2, 0.25) is 0 Å². The molecule has 2 aromatic carbocycles. The van der Waals surface area contributed by atoms with Gasteiger partial charge in [0.25, 0.3) is 5.56 Å². The Kier molecular flexibility index (Phi) is 7.17. The second-order valence-electron chi connectivity index (χ2n) is 6.93. The third kappa shape index (κ3) is 5.31. The smallest absolute Gasteiger partial charge is 0.259 e. The minimum atomic E-state index is -0.157. The molecular formula is C22H28N3O3S+. The lowest BCUT2D eigenvalue weighted by molar-refractivity contribution is -0.910. The summed E-state index contributed by atoms with van der Waals surface area (Å²) in [6, 6.07) is 12.0. The Bertz CT molecular complexity index is 1020. The Hall–Kier alpha value is -2.51. The van der Waals surface area contributed by atoms with Crippen LogP contribution in [-0.2, 0) is 6.54 Å². The first-order valence-corrected chi connectivity index (χ1v) is 10.7. The molecule has 1 unspecified atom stereocenters. The van der Waals surface area contributed by atoms with E-state index in [9.17, 15) is 4.79 Å². The van der Waals surface area contributed by atoms with Crippen LogP contribution in [0.4, 0.5) is 0 Å². The van der Waals surface area contributed by atoms with E-state index < -0.39 is 0 Å². The van der Waals surface area contributed by atoms with E-state index in [1.54, 1.807) is 26.4 Å². The number of aromatic amines is 1. The lowest BCUT2D eigenvalue weighted by atomic mass is 10.2. The highest BCUT2D eigenvalue weighted by molar-refractivity contribution is 7.99. The molecule has 1 atom stereocenters. The highest BCUT2D eigenvalue weighted by Crippen LogP contribution is 2.29. The van der Waals surface area contributed by atoms with Gasteiger partial charge in [0, 0.05) is 16.7 Å². The fraction of sp³-hybridized carbons (Fsp3) is 0.364. The first-order valence-electron chi connectivity index (χ1n) is 9.72. The van der Waals surface area contributed by atoms with E-state index in [2.05, 4.69) is 48.1 Å². The highest BCUT2D eigenvalue weighted by atomic mass is 32.2. The van der Waals surface area contributed by atoms with E-state index in [-0.39, 0.29) is 5.56 Å². The van der Waals surface area contributed by atoms with Gasteiger partial charge in [0.1, 0.15) is 6.54 Å². The average molecular weight is 415 g/mol. The topological polar surface area (TPSA) is 68.7 Å². The van der Waals surface area contributed by atoms with E-state index >= 15 is 0 Å². The number of aromatic nitrogens is 2.